The van der Waals surface area contributed by atoms with Crippen LogP contribution in [0.1, 0.15) is 31.7 Å². The van der Waals surface area contributed by atoms with E-state index in [4.69, 9.17) is 4.74 Å². The van der Waals surface area contributed by atoms with Crippen molar-refractivity contribution < 1.29 is 27.1 Å². The van der Waals surface area contributed by atoms with Gasteiger partial charge in [0.25, 0.3) is 5.91 Å². The van der Waals surface area contributed by atoms with Crippen molar-refractivity contribution in [1.82, 2.24) is 0 Å². The second-order valence-corrected chi connectivity index (χ2v) is 6.12. The molecule has 1 saturated carbocycles. The molecule has 1 aliphatic carbocycles. The van der Waals surface area contributed by atoms with Crippen molar-refractivity contribution in [3.8, 4) is 0 Å². The molecule has 0 aromatic heterocycles. The van der Waals surface area contributed by atoms with E-state index in [1.165, 1.54) is 6.08 Å². The van der Waals surface area contributed by atoms with Gasteiger partial charge in [-0.1, -0.05) is 13.0 Å². The Morgan fingerprint density at radius 1 is 1.38 bits per heavy atom. The number of benzene rings is 1. The predicted molar refractivity (Wildman–Crippen MR) is 79.8 cm³/mol. The maximum absolute atomic E-state index is 14.1. The monoisotopic (exact) mass is 343 g/mol. The van der Waals surface area contributed by atoms with Gasteiger partial charge in [0.15, 0.2) is 0 Å². The highest BCUT2D eigenvalue weighted by Gasteiger charge is 2.59. The Kier molecular flexibility index (Phi) is 4.15. The Bertz CT molecular complexity index is 682. The van der Waals surface area contributed by atoms with Gasteiger partial charge in [-0.05, 0) is 49.5 Å². The molecule has 1 amide bonds. The van der Waals surface area contributed by atoms with Crippen LogP contribution in [0.2, 0.25) is 0 Å². The molecule has 24 heavy (non-hydrogen) atoms. The zero-order chi connectivity index (χ0) is 17.5. The molecule has 130 valence electrons. The van der Waals surface area contributed by atoms with Crippen molar-refractivity contribution in [2.24, 2.45) is 5.92 Å². The van der Waals surface area contributed by atoms with Gasteiger partial charge in [-0.25, -0.2) is 4.39 Å². The fourth-order valence-corrected chi connectivity index (χ4v) is 2.76. The Balaban J connectivity index is 2.22. The summed E-state index contributed by atoms with van der Waals surface area (Å²) in [6.45, 7) is 1.56. The first-order valence-corrected chi connectivity index (χ1v) is 7.81. The summed E-state index contributed by atoms with van der Waals surface area (Å²) in [5.74, 6) is -1.43. The lowest BCUT2D eigenvalue weighted by Gasteiger charge is -2.34. The van der Waals surface area contributed by atoms with Gasteiger partial charge >= 0.3 is 6.18 Å². The molecule has 0 radical (unpaired) electrons. The molecule has 1 aromatic rings. The van der Waals surface area contributed by atoms with E-state index in [1.54, 1.807) is 6.92 Å². The molecule has 0 unspecified atom stereocenters. The van der Waals surface area contributed by atoms with Gasteiger partial charge in [0, 0.05) is 11.3 Å². The first kappa shape index (κ1) is 17.0. The van der Waals surface area contributed by atoms with Crippen LogP contribution in [0, 0.1) is 11.7 Å². The van der Waals surface area contributed by atoms with Gasteiger partial charge in [0.1, 0.15) is 11.9 Å². The number of rotatable bonds is 3. The van der Waals surface area contributed by atoms with Gasteiger partial charge in [0.05, 0.1) is 0 Å². The summed E-state index contributed by atoms with van der Waals surface area (Å²) in [6, 6.07) is 2.92. The summed E-state index contributed by atoms with van der Waals surface area (Å²) in [4.78, 5) is 12.1. The highest BCUT2D eigenvalue weighted by molar-refractivity contribution is 5.96. The molecule has 1 aliphatic heterocycles. The third-order valence-corrected chi connectivity index (χ3v) is 4.28. The van der Waals surface area contributed by atoms with E-state index in [2.05, 4.69) is 5.32 Å². The van der Waals surface area contributed by atoms with Crippen LogP contribution in [0.25, 0.3) is 0 Å². The smallest absolute Gasteiger partial charge is 0.344 e. The summed E-state index contributed by atoms with van der Waals surface area (Å²) >= 11 is 0. The summed E-state index contributed by atoms with van der Waals surface area (Å²) in [6.07, 6.45) is -2.05. The number of halogens is 4. The molecule has 7 heteroatoms. The zero-order valence-electron chi connectivity index (χ0n) is 13.0. The Labute approximate surface area is 136 Å². The quantitative estimate of drug-likeness (QED) is 0.656. The lowest BCUT2D eigenvalue weighted by atomic mass is 9.90. The highest BCUT2D eigenvalue weighted by atomic mass is 19.4. The molecule has 2 atom stereocenters. The molecule has 0 saturated heterocycles. The van der Waals surface area contributed by atoms with Gasteiger partial charge in [-0.15, -0.1) is 0 Å². The Morgan fingerprint density at radius 3 is 2.67 bits per heavy atom. The lowest BCUT2D eigenvalue weighted by Crippen LogP contribution is -2.46. The molecule has 1 heterocycles. The van der Waals surface area contributed by atoms with Crippen molar-refractivity contribution in [2.45, 2.75) is 44.1 Å². The van der Waals surface area contributed by atoms with Crippen molar-refractivity contribution >= 4 is 11.6 Å². The number of amides is 1. The average Bonchev–Trinajstić information content (AvgIpc) is 3.32. The van der Waals surface area contributed by atoms with E-state index >= 15 is 0 Å². The molecule has 0 bridgehead atoms. The average molecular weight is 343 g/mol. The number of hydrogen-bond donors (Lipinski definition) is 1. The highest BCUT2D eigenvalue weighted by Crippen LogP contribution is 2.49. The molecule has 3 rings (SSSR count). The second-order valence-electron chi connectivity index (χ2n) is 6.12. The number of carbonyl (C=O) groups excluding carboxylic acids is 1. The summed E-state index contributed by atoms with van der Waals surface area (Å²) in [5, 5.41) is 2.42. The lowest BCUT2D eigenvalue weighted by molar-refractivity contribution is -0.273. The normalized spacial score (nSPS) is 27.7. The summed E-state index contributed by atoms with van der Waals surface area (Å²) < 4.78 is 61.2. The predicted octanol–water partition coefficient (Wildman–Crippen LogP) is 4.30. The van der Waals surface area contributed by atoms with Crippen LogP contribution in [0.3, 0.4) is 0 Å². The second kappa shape index (κ2) is 5.88. The largest absolute Gasteiger partial charge is 0.425 e. The van der Waals surface area contributed by atoms with Crippen molar-refractivity contribution in [1.29, 1.82) is 0 Å². The van der Waals surface area contributed by atoms with Crippen LogP contribution in [0.15, 0.2) is 30.4 Å². The molecular formula is C17H17F4NO2. The summed E-state index contributed by atoms with van der Waals surface area (Å²) in [5.41, 5.74) is -3.38. The number of alkyl halides is 3. The maximum Gasteiger partial charge on any atom is 0.425 e. The van der Waals surface area contributed by atoms with E-state index in [9.17, 15) is 22.4 Å². The summed E-state index contributed by atoms with van der Waals surface area (Å²) in [7, 11) is 0. The third kappa shape index (κ3) is 2.92. The third-order valence-electron chi connectivity index (χ3n) is 4.28. The minimum absolute atomic E-state index is 0.0665. The SMILES string of the molecule is CC[C@@H]1O[C@](/C=C/C2CC2)(C(F)(F)F)c2cc(F)ccc2NC1=O. The van der Waals surface area contributed by atoms with Gasteiger partial charge in [-0.2, -0.15) is 13.2 Å². The van der Waals surface area contributed by atoms with Crippen molar-refractivity contribution in [2.75, 3.05) is 5.32 Å². The van der Waals surface area contributed by atoms with Crippen LogP contribution in [0.4, 0.5) is 23.2 Å². The number of fused-ring (bicyclic) bond motifs is 1. The van der Waals surface area contributed by atoms with E-state index < -0.39 is 35.2 Å². The van der Waals surface area contributed by atoms with E-state index in [-0.39, 0.29) is 18.0 Å². The molecule has 3 nitrogen and oxygen atoms in total. The zero-order valence-corrected chi connectivity index (χ0v) is 13.0. The first-order valence-electron chi connectivity index (χ1n) is 7.81. The van der Waals surface area contributed by atoms with Crippen LogP contribution in [-0.4, -0.2) is 18.2 Å². The number of ether oxygens (including phenoxy) is 1. The van der Waals surface area contributed by atoms with Crippen LogP contribution >= 0.6 is 0 Å². The topological polar surface area (TPSA) is 38.3 Å². The van der Waals surface area contributed by atoms with Gasteiger partial charge in [-0.3, -0.25) is 4.79 Å². The minimum atomic E-state index is -4.85. The number of nitrogens with one attached hydrogen (secondary N) is 1. The minimum Gasteiger partial charge on any atom is -0.344 e. The Hall–Kier alpha value is -1.89. The van der Waals surface area contributed by atoms with E-state index in [0.717, 1.165) is 37.1 Å². The maximum atomic E-state index is 14.1. The number of allylic oxidation sites excluding steroid dienone is 1. The first-order chi connectivity index (χ1) is 11.3. The van der Waals surface area contributed by atoms with Crippen LogP contribution in [0.5, 0.6) is 0 Å². The van der Waals surface area contributed by atoms with E-state index in [0.29, 0.717) is 0 Å². The Morgan fingerprint density at radius 2 is 2.08 bits per heavy atom. The molecule has 2 aliphatic rings. The standard InChI is InChI=1S/C17H17F4NO2/c1-2-14-15(23)22-13-6-5-11(18)9-12(13)16(24-14,17(19,20)21)8-7-10-3-4-10/h5-10,14H,2-4H2,1H3,(H,22,23)/b8-7+/t14-,16-/m0/s1. The van der Waals surface area contributed by atoms with Gasteiger partial charge < -0.3 is 10.1 Å². The van der Waals surface area contributed by atoms with Crippen LogP contribution in [-0.2, 0) is 15.1 Å². The fraction of sp³-hybridized carbons (Fsp3) is 0.471. The van der Waals surface area contributed by atoms with Crippen LogP contribution < -0.4 is 5.32 Å². The fourth-order valence-electron chi connectivity index (χ4n) is 2.76. The molecule has 1 fully saturated rings. The molecular weight excluding hydrogens is 326 g/mol. The van der Waals surface area contributed by atoms with E-state index in [1.807, 2.05) is 0 Å². The molecule has 1 N–H and O–H groups in total. The number of carbonyl (C=O) groups is 1. The van der Waals surface area contributed by atoms with Crippen molar-refractivity contribution in [3.05, 3.63) is 41.7 Å². The van der Waals surface area contributed by atoms with Crippen molar-refractivity contribution in [3.63, 3.8) is 0 Å². The molecule has 0 spiro atoms. The molecule has 1 aromatic carbocycles. The number of anilines is 1. The van der Waals surface area contributed by atoms with Gasteiger partial charge in [0.2, 0.25) is 5.60 Å². The number of hydrogen-bond acceptors (Lipinski definition) is 2.